The van der Waals surface area contributed by atoms with Crippen LogP contribution in [0.4, 0.5) is 17.6 Å². The zero-order valence-corrected chi connectivity index (χ0v) is 12.5. The second-order valence-electron chi connectivity index (χ2n) is 5.04. The van der Waals surface area contributed by atoms with Gasteiger partial charge >= 0.3 is 12.1 Å². The van der Waals surface area contributed by atoms with Crippen LogP contribution in [0.15, 0.2) is 65.7 Å². The van der Waals surface area contributed by atoms with E-state index in [1.54, 1.807) is 0 Å². The summed E-state index contributed by atoms with van der Waals surface area (Å²) in [4.78, 5) is 15.7. The molecule has 3 aromatic rings. The second-order valence-corrected chi connectivity index (χ2v) is 5.04. The SMILES string of the molecule is O=c1ncc(-c2ccc(F)cc2)cn1-c1ccc(OC(F)(F)F)cc1. The van der Waals surface area contributed by atoms with Gasteiger partial charge in [-0.05, 0) is 42.0 Å². The Morgan fingerprint density at radius 3 is 2.16 bits per heavy atom. The molecule has 25 heavy (non-hydrogen) atoms. The van der Waals surface area contributed by atoms with Crippen LogP contribution in [0.5, 0.6) is 5.75 Å². The highest BCUT2D eigenvalue weighted by atomic mass is 19.4. The second kappa shape index (κ2) is 6.39. The van der Waals surface area contributed by atoms with E-state index in [1.807, 2.05) is 0 Å². The van der Waals surface area contributed by atoms with E-state index in [4.69, 9.17) is 0 Å². The summed E-state index contributed by atoms with van der Waals surface area (Å²) in [6.45, 7) is 0. The first-order chi connectivity index (χ1) is 11.8. The number of halogens is 4. The third-order valence-electron chi connectivity index (χ3n) is 3.31. The van der Waals surface area contributed by atoms with E-state index in [9.17, 15) is 22.4 Å². The van der Waals surface area contributed by atoms with Gasteiger partial charge in [0, 0.05) is 18.0 Å². The lowest BCUT2D eigenvalue weighted by atomic mass is 10.1. The van der Waals surface area contributed by atoms with Gasteiger partial charge < -0.3 is 4.74 Å². The van der Waals surface area contributed by atoms with Gasteiger partial charge in [-0.25, -0.2) is 14.2 Å². The van der Waals surface area contributed by atoms with Crippen LogP contribution in [0.25, 0.3) is 16.8 Å². The number of nitrogens with zero attached hydrogens (tertiary/aromatic N) is 2. The van der Waals surface area contributed by atoms with Crippen LogP contribution in [0.2, 0.25) is 0 Å². The molecule has 2 aromatic carbocycles. The lowest BCUT2D eigenvalue weighted by Gasteiger charge is -2.11. The smallest absolute Gasteiger partial charge is 0.406 e. The van der Waals surface area contributed by atoms with Crippen molar-refractivity contribution >= 4 is 0 Å². The Hall–Kier alpha value is -3.16. The maximum atomic E-state index is 13.0. The third-order valence-corrected chi connectivity index (χ3v) is 3.31. The van der Waals surface area contributed by atoms with E-state index in [1.165, 1.54) is 53.4 Å². The van der Waals surface area contributed by atoms with Gasteiger partial charge in [0.15, 0.2) is 0 Å². The van der Waals surface area contributed by atoms with Crippen LogP contribution >= 0.6 is 0 Å². The normalized spacial score (nSPS) is 11.4. The maximum Gasteiger partial charge on any atom is 0.573 e. The minimum atomic E-state index is -4.79. The molecule has 1 heterocycles. The Balaban J connectivity index is 1.95. The number of hydrogen-bond acceptors (Lipinski definition) is 3. The van der Waals surface area contributed by atoms with Gasteiger partial charge in [0.25, 0.3) is 0 Å². The molecule has 0 amide bonds. The fourth-order valence-corrected chi connectivity index (χ4v) is 2.20. The van der Waals surface area contributed by atoms with Crippen molar-refractivity contribution in [2.45, 2.75) is 6.36 Å². The predicted molar refractivity (Wildman–Crippen MR) is 81.9 cm³/mol. The highest BCUT2D eigenvalue weighted by Gasteiger charge is 2.30. The van der Waals surface area contributed by atoms with Crippen LogP contribution in [0.3, 0.4) is 0 Å². The monoisotopic (exact) mass is 350 g/mol. The van der Waals surface area contributed by atoms with Crippen LogP contribution in [0.1, 0.15) is 0 Å². The molecule has 0 spiro atoms. The summed E-state index contributed by atoms with van der Waals surface area (Å²) in [5, 5.41) is 0. The molecule has 0 saturated carbocycles. The van der Waals surface area contributed by atoms with Crippen LogP contribution < -0.4 is 10.4 Å². The quantitative estimate of drug-likeness (QED) is 0.672. The Morgan fingerprint density at radius 1 is 0.920 bits per heavy atom. The van der Waals surface area contributed by atoms with Crippen molar-refractivity contribution in [3.8, 4) is 22.6 Å². The number of aromatic nitrogens is 2. The Labute approximate surface area is 138 Å². The van der Waals surface area contributed by atoms with Crippen molar-refractivity contribution in [1.82, 2.24) is 9.55 Å². The van der Waals surface area contributed by atoms with E-state index >= 15 is 0 Å². The molecular formula is C17H10F4N2O2. The van der Waals surface area contributed by atoms with E-state index in [0.29, 0.717) is 16.8 Å². The number of hydrogen-bond donors (Lipinski definition) is 0. The van der Waals surface area contributed by atoms with E-state index in [-0.39, 0.29) is 0 Å². The van der Waals surface area contributed by atoms with Crippen molar-refractivity contribution in [2.75, 3.05) is 0 Å². The lowest BCUT2D eigenvalue weighted by Crippen LogP contribution is -2.20. The predicted octanol–water partition coefficient (Wildman–Crippen LogP) is 3.94. The maximum absolute atomic E-state index is 13.0. The van der Waals surface area contributed by atoms with Crippen molar-refractivity contribution in [2.24, 2.45) is 0 Å². The molecule has 128 valence electrons. The van der Waals surface area contributed by atoms with Gasteiger partial charge in [-0.3, -0.25) is 4.57 Å². The Bertz CT molecular complexity index is 933. The average Bonchev–Trinajstić information content (AvgIpc) is 2.56. The molecule has 8 heteroatoms. The van der Waals surface area contributed by atoms with Gasteiger partial charge in [-0.1, -0.05) is 12.1 Å². The number of benzene rings is 2. The van der Waals surface area contributed by atoms with Crippen molar-refractivity contribution < 1.29 is 22.3 Å². The molecule has 0 atom stereocenters. The first kappa shape index (κ1) is 16.7. The zero-order chi connectivity index (χ0) is 18.0. The van der Waals surface area contributed by atoms with Crippen LogP contribution in [-0.4, -0.2) is 15.9 Å². The molecule has 0 aliphatic heterocycles. The minimum absolute atomic E-state index is 0.316. The summed E-state index contributed by atoms with van der Waals surface area (Å²) in [5.74, 6) is -0.794. The molecule has 0 fully saturated rings. The number of ether oxygens (including phenoxy) is 1. The van der Waals surface area contributed by atoms with Crippen LogP contribution in [0, 0.1) is 5.82 Å². The highest BCUT2D eigenvalue weighted by Crippen LogP contribution is 2.24. The summed E-state index contributed by atoms with van der Waals surface area (Å²) < 4.78 is 54.5. The number of alkyl halides is 3. The molecule has 0 N–H and O–H groups in total. The fraction of sp³-hybridized carbons (Fsp3) is 0.0588. The molecular weight excluding hydrogens is 340 g/mol. The van der Waals surface area contributed by atoms with E-state index in [0.717, 1.165) is 12.1 Å². The summed E-state index contributed by atoms with van der Waals surface area (Å²) in [6.07, 6.45) is -1.97. The standard InChI is InChI=1S/C17H10F4N2O2/c18-13-3-1-11(2-4-13)12-9-22-16(24)23(10-12)14-5-7-15(8-6-14)25-17(19,20)21/h1-10H. The summed E-state index contributed by atoms with van der Waals surface area (Å²) in [7, 11) is 0. The molecule has 4 nitrogen and oxygen atoms in total. The summed E-state index contributed by atoms with van der Waals surface area (Å²) >= 11 is 0. The Morgan fingerprint density at radius 2 is 1.56 bits per heavy atom. The minimum Gasteiger partial charge on any atom is -0.406 e. The summed E-state index contributed by atoms with van der Waals surface area (Å²) in [6, 6.07) is 10.4. The van der Waals surface area contributed by atoms with Gasteiger partial charge in [0.05, 0.1) is 5.69 Å². The van der Waals surface area contributed by atoms with Crippen molar-refractivity contribution in [1.29, 1.82) is 0 Å². The number of rotatable bonds is 3. The molecule has 0 aliphatic carbocycles. The largest absolute Gasteiger partial charge is 0.573 e. The molecule has 0 bridgehead atoms. The molecule has 0 unspecified atom stereocenters. The lowest BCUT2D eigenvalue weighted by molar-refractivity contribution is -0.274. The van der Waals surface area contributed by atoms with Crippen molar-refractivity contribution in [3.63, 3.8) is 0 Å². The molecule has 1 aromatic heterocycles. The summed E-state index contributed by atoms with van der Waals surface area (Å²) in [5.41, 5.74) is 0.904. The molecule has 0 aliphatic rings. The van der Waals surface area contributed by atoms with Gasteiger partial charge in [0.2, 0.25) is 0 Å². The molecule has 0 radical (unpaired) electrons. The van der Waals surface area contributed by atoms with Gasteiger partial charge in [0.1, 0.15) is 11.6 Å². The average molecular weight is 350 g/mol. The third kappa shape index (κ3) is 4.03. The van der Waals surface area contributed by atoms with E-state index < -0.39 is 23.6 Å². The fourth-order valence-electron chi connectivity index (χ4n) is 2.20. The molecule has 0 saturated heterocycles. The Kier molecular flexibility index (Phi) is 4.26. The zero-order valence-electron chi connectivity index (χ0n) is 12.5. The van der Waals surface area contributed by atoms with E-state index in [2.05, 4.69) is 9.72 Å². The topological polar surface area (TPSA) is 44.1 Å². The van der Waals surface area contributed by atoms with Gasteiger partial charge in [-0.2, -0.15) is 0 Å². The van der Waals surface area contributed by atoms with Gasteiger partial charge in [-0.15, -0.1) is 13.2 Å². The highest BCUT2D eigenvalue weighted by molar-refractivity contribution is 5.61. The van der Waals surface area contributed by atoms with Crippen LogP contribution in [-0.2, 0) is 0 Å². The first-order valence-corrected chi connectivity index (χ1v) is 7.03. The van der Waals surface area contributed by atoms with Crippen molar-refractivity contribution in [3.05, 3.63) is 77.2 Å². The molecule has 3 rings (SSSR count). The first-order valence-electron chi connectivity index (χ1n) is 7.03.